The third-order valence-corrected chi connectivity index (χ3v) is 4.30. The van der Waals surface area contributed by atoms with Crippen LogP contribution >= 0.6 is 0 Å². The van der Waals surface area contributed by atoms with Crippen LogP contribution in [0.1, 0.15) is 17.1 Å². The van der Waals surface area contributed by atoms with Crippen LogP contribution in [0.25, 0.3) is 11.4 Å². The van der Waals surface area contributed by atoms with E-state index in [4.69, 9.17) is 9.26 Å². The van der Waals surface area contributed by atoms with E-state index in [2.05, 4.69) is 20.4 Å². The van der Waals surface area contributed by atoms with Crippen molar-refractivity contribution in [2.45, 2.75) is 6.42 Å². The third-order valence-electron chi connectivity index (χ3n) is 4.30. The first-order chi connectivity index (χ1) is 12.6. The van der Waals surface area contributed by atoms with Crippen LogP contribution in [0.2, 0.25) is 0 Å². The predicted molar refractivity (Wildman–Crippen MR) is 98.3 cm³/mol. The number of hydrogen-bond acceptors (Lipinski definition) is 7. The Hall–Kier alpha value is -2.45. The highest BCUT2D eigenvalue weighted by molar-refractivity contribution is 5.89. The van der Waals surface area contributed by atoms with E-state index in [0.717, 1.165) is 50.5 Å². The minimum atomic E-state index is -0.337. The third kappa shape index (κ3) is 4.80. The topological polar surface area (TPSA) is 83.7 Å². The number of nitrogens with one attached hydrogen (secondary N) is 1. The van der Waals surface area contributed by atoms with Crippen molar-refractivity contribution in [3.8, 4) is 11.4 Å². The number of anilines is 1. The molecule has 1 aliphatic rings. The number of rotatable bonds is 7. The van der Waals surface area contributed by atoms with E-state index in [1.807, 2.05) is 43.3 Å². The van der Waals surface area contributed by atoms with E-state index in [0.29, 0.717) is 12.4 Å². The molecule has 1 aromatic carbocycles. The molecule has 1 aromatic heterocycles. The van der Waals surface area contributed by atoms with Gasteiger partial charge in [0, 0.05) is 45.0 Å². The molecular weight excluding hydrogens is 334 g/mol. The summed E-state index contributed by atoms with van der Waals surface area (Å²) in [6.07, 6.45) is 0.874. The van der Waals surface area contributed by atoms with Crippen molar-refractivity contribution in [1.29, 1.82) is 0 Å². The van der Waals surface area contributed by atoms with Gasteiger partial charge in [-0.15, -0.1) is 0 Å². The zero-order valence-corrected chi connectivity index (χ0v) is 15.3. The number of aromatic nitrogens is 2. The minimum absolute atomic E-state index is 0.0111. The van der Waals surface area contributed by atoms with Crippen molar-refractivity contribution in [3.05, 3.63) is 30.2 Å². The van der Waals surface area contributed by atoms with Crippen molar-refractivity contribution >= 4 is 11.6 Å². The Balaban J connectivity index is 1.48. The fraction of sp³-hybridized carbons (Fsp3) is 0.500. The van der Waals surface area contributed by atoms with Crippen LogP contribution in [0.15, 0.2) is 28.8 Å². The average molecular weight is 359 g/mol. The Kier molecular flexibility index (Phi) is 6.19. The Morgan fingerprint density at radius 1 is 1.23 bits per heavy atom. The van der Waals surface area contributed by atoms with Crippen LogP contribution in [-0.2, 0) is 4.74 Å². The molecule has 140 valence electrons. The summed E-state index contributed by atoms with van der Waals surface area (Å²) >= 11 is 0. The molecule has 8 nitrogen and oxygen atoms in total. The standard InChI is InChI=1S/C18H25N5O3/c1-22(2)15-6-4-14(5-7-15)16-20-18(26-21-16)17(24)19-8-3-9-23-10-12-25-13-11-23/h4-7H,3,8-13H2,1-2H3,(H,19,24). The summed E-state index contributed by atoms with van der Waals surface area (Å²) in [5.41, 5.74) is 1.89. The Morgan fingerprint density at radius 2 is 1.96 bits per heavy atom. The molecule has 1 aliphatic heterocycles. The van der Waals surface area contributed by atoms with E-state index in [-0.39, 0.29) is 11.8 Å². The molecule has 1 amide bonds. The van der Waals surface area contributed by atoms with Gasteiger partial charge in [-0.25, -0.2) is 0 Å². The van der Waals surface area contributed by atoms with Gasteiger partial charge < -0.3 is 19.5 Å². The SMILES string of the molecule is CN(C)c1ccc(-c2noc(C(=O)NCCCN3CCOCC3)n2)cc1. The lowest BCUT2D eigenvalue weighted by atomic mass is 10.2. The molecule has 0 saturated carbocycles. The number of carbonyl (C=O) groups excluding carboxylic acids is 1. The van der Waals surface area contributed by atoms with E-state index >= 15 is 0 Å². The second-order valence-electron chi connectivity index (χ2n) is 6.43. The molecule has 1 saturated heterocycles. The quantitative estimate of drug-likeness (QED) is 0.745. The van der Waals surface area contributed by atoms with Gasteiger partial charge in [-0.1, -0.05) is 5.16 Å². The summed E-state index contributed by atoms with van der Waals surface area (Å²) in [7, 11) is 3.95. The Bertz CT molecular complexity index is 708. The predicted octanol–water partition coefficient (Wildman–Crippen LogP) is 1.25. The number of nitrogens with zero attached hydrogens (tertiary/aromatic N) is 4. The first-order valence-corrected chi connectivity index (χ1v) is 8.83. The molecule has 0 atom stereocenters. The molecule has 8 heteroatoms. The van der Waals surface area contributed by atoms with Crippen molar-refractivity contribution < 1.29 is 14.1 Å². The summed E-state index contributed by atoms with van der Waals surface area (Å²) in [5.74, 6) is 0.0625. The maximum absolute atomic E-state index is 12.1. The zero-order valence-electron chi connectivity index (χ0n) is 15.3. The summed E-state index contributed by atoms with van der Waals surface area (Å²) in [6.45, 7) is 4.99. The van der Waals surface area contributed by atoms with E-state index < -0.39 is 0 Å². The number of morpholine rings is 1. The van der Waals surface area contributed by atoms with Crippen molar-refractivity contribution in [1.82, 2.24) is 20.4 Å². The van der Waals surface area contributed by atoms with Gasteiger partial charge in [-0.05, 0) is 37.2 Å². The molecule has 0 spiro atoms. The number of ether oxygens (including phenoxy) is 1. The van der Waals surface area contributed by atoms with Crippen LogP contribution in [0.4, 0.5) is 5.69 Å². The first kappa shape index (κ1) is 18.3. The van der Waals surface area contributed by atoms with Crippen LogP contribution < -0.4 is 10.2 Å². The van der Waals surface area contributed by atoms with Crippen molar-refractivity contribution in [2.75, 3.05) is 58.4 Å². The lowest BCUT2D eigenvalue weighted by Crippen LogP contribution is -2.38. The zero-order chi connectivity index (χ0) is 18.4. The second kappa shape index (κ2) is 8.77. The lowest BCUT2D eigenvalue weighted by molar-refractivity contribution is 0.0374. The maximum Gasteiger partial charge on any atom is 0.316 e. The fourth-order valence-corrected chi connectivity index (χ4v) is 2.75. The summed E-state index contributed by atoms with van der Waals surface area (Å²) in [5, 5.41) is 6.73. The molecule has 2 heterocycles. The molecule has 1 N–H and O–H groups in total. The lowest BCUT2D eigenvalue weighted by Gasteiger charge is -2.26. The summed E-state index contributed by atoms with van der Waals surface area (Å²) in [4.78, 5) is 20.7. The molecule has 3 rings (SSSR count). The molecule has 0 unspecified atom stereocenters. The average Bonchev–Trinajstić information content (AvgIpc) is 3.16. The van der Waals surface area contributed by atoms with Crippen molar-refractivity contribution in [2.24, 2.45) is 0 Å². The van der Waals surface area contributed by atoms with E-state index in [1.165, 1.54) is 0 Å². The molecule has 0 aliphatic carbocycles. The van der Waals surface area contributed by atoms with Gasteiger partial charge in [0.1, 0.15) is 0 Å². The highest BCUT2D eigenvalue weighted by Gasteiger charge is 2.16. The normalized spacial score (nSPS) is 15.0. The highest BCUT2D eigenvalue weighted by Crippen LogP contribution is 2.19. The largest absolute Gasteiger partial charge is 0.379 e. The number of hydrogen-bond donors (Lipinski definition) is 1. The first-order valence-electron chi connectivity index (χ1n) is 8.83. The van der Waals surface area contributed by atoms with Crippen molar-refractivity contribution in [3.63, 3.8) is 0 Å². The fourth-order valence-electron chi connectivity index (χ4n) is 2.75. The minimum Gasteiger partial charge on any atom is -0.379 e. The molecule has 1 fully saturated rings. The smallest absolute Gasteiger partial charge is 0.316 e. The van der Waals surface area contributed by atoms with Gasteiger partial charge in [0.05, 0.1) is 13.2 Å². The molecule has 2 aromatic rings. The van der Waals surface area contributed by atoms with Crippen LogP contribution in [0, 0.1) is 0 Å². The van der Waals surface area contributed by atoms with Gasteiger partial charge >= 0.3 is 11.8 Å². The summed E-state index contributed by atoms with van der Waals surface area (Å²) in [6, 6.07) is 7.75. The van der Waals surface area contributed by atoms with Gasteiger partial charge in [-0.3, -0.25) is 9.69 Å². The number of amides is 1. The highest BCUT2D eigenvalue weighted by atomic mass is 16.5. The molecule has 26 heavy (non-hydrogen) atoms. The van der Waals surface area contributed by atoms with E-state index in [9.17, 15) is 4.79 Å². The maximum atomic E-state index is 12.1. The Labute approximate surface area is 153 Å². The van der Waals surface area contributed by atoms with Gasteiger partial charge in [0.15, 0.2) is 0 Å². The number of benzene rings is 1. The second-order valence-corrected chi connectivity index (χ2v) is 6.43. The monoisotopic (exact) mass is 359 g/mol. The van der Waals surface area contributed by atoms with Crippen LogP contribution in [-0.4, -0.2) is 74.4 Å². The molecule has 0 bridgehead atoms. The number of carbonyl (C=O) groups is 1. The summed E-state index contributed by atoms with van der Waals surface area (Å²) < 4.78 is 10.4. The van der Waals surface area contributed by atoms with Gasteiger partial charge in [-0.2, -0.15) is 4.98 Å². The van der Waals surface area contributed by atoms with Gasteiger partial charge in [0.25, 0.3) is 0 Å². The Morgan fingerprint density at radius 3 is 2.65 bits per heavy atom. The molecular formula is C18H25N5O3. The van der Waals surface area contributed by atoms with E-state index in [1.54, 1.807) is 0 Å². The van der Waals surface area contributed by atoms with Crippen LogP contribution in [0.5, 0.6) is 0 Å². The van der Waals surface area contributed by atoms with Gasteiger partial charge in [0.2, 0.25) is 5.82 Å². The van der Waals surface area contributed by atoms with Crippen LogP contribution in [0.3, 0.4) is 0 Å². The molecule has 0 radical (unpaired) electrons.